The zero-order valence-electron chi connectivity index (χ0n) is 7.56. The first-order chi connectivity index (χ1) is 5.52. The van der Waals surface area contributed by atoms with Crippen molar-refractivity contribution in [3.05, 3.63) is 33.8 Å². The normalized spacial score (nSPS) is 13.1. The van der Waals surface area contributed by atoms with Crippen molar-refractivity contribution in [2.75, 3.05) is 0 Å². The van der Waals surface area contributed by atoms with Crippen LogP contribution in [0.25, 0.3) is 0 Å². The minimum Gasteiger partial charge on any atom is -0.389 e. The number of hydrogen-bond acceptors (Lipinski definition) is 1. The molecule has 0 amide bonds. The molecule has 1 rings (SSSR count). The fraction of sp³-hybridized carbons (Fsp3) is 0.400. The van der Waals surface area contributed by atoms with Gasteiger partial charge in [0.1, 0.15) is 0 Å². The second-order valence-corrected chi connectivity index (χ2v) is 3.54. The number of hydrogen-bond donors (Lipinski definition) is 1. The molecule has 2 heteroatoms. The zero-order chi connectivity index (χ0) is 9.30. The molecule has 0 saturated carbocycles. The number of aliphatic hydroxyl groups is 1. The third-order valence-electron chi connectivity index (χ3n) is 1.88. The maximum absolute atomic E-state index is 9.37. The molecular formula is C10H13ClO. The van der Waals surface area contributed by atoms with Crippen molar-refractivity contribution in [2.45, 2.75) is 26.9 Å². The number of rotatable bonds is 1. The molecule has 1 aromatic rings. The van der Waals surface area contributed by atoms with E-state index in [9.17, 15) is 5.11 Å². The highest BCUT2D eigenvalue weighted by Gasteiger charge is 2.08. The van der Waals surface area contributed by atoms with Crippen LogP contribution in [-0.4, -0.2) is 5.11 Å². The van der Waals surface area contributed by atoms with Gasteiger partial charge in [-0.2, -0.15) is 0 Å². The molecule has 1 aromatic carbocycles. The van der Waals surface area contributed by atoms with E-state index < -0.39 is 6.10 Å². The molecule has 66 valence electrons. The Kier molecular flexibility index (Phi) is 2.76. The lowest BCUT2D eigenvalue weighted by Crippen LogP contribution is -1.95. The van der Waals surface area contributed by atoms with Crippen LogP contribution in [0.15, 0.2) is 12.1 Å². The van der Waals surface area contributed by atoms with Crippen molar-refractivity contribution < 1.29 is 5.11 Å². The van der Waals surface area contributed by atoms with Gasteiger partial charge in [0, 0.05) is 5.02 Å². The maximum Gasteiger partial charge on any atom is 0.0776 e. The summed E-state index contributed by atoms with van der Waals surface area (Å²) in [6.07, 6.45) is -0.490. The van der Waals surface area contributed by atoms with Gasteiger partial charge >= 0.3 is 0 Å². The Morgan fingerprint density at radius 3 is 2.42 bits per heavy atom. The monoisotopic (exact) mass is 184 g/mol. The largest absolute Gasteiger partial charge is 0.389 e. The Balaban J connectivity index is 3.28. The Bertz CT molecular complexity index is 292. The van der Waals surface area contributed by atoms with Gasteiger partial charge in [-0.15, -0.1) is 0 Å². The summed E-state index contributed by atoms with van der Waals surface area (Å²) in [5.41, 5.74) is 2.97. The van der Waals surface area contributed by atoms with E-state index in [1.165, 1.54) is 0 Å². The van der Waals surface area contributed by atoms with Gasteiger partial charge in [-0.3, -0.25) is 0 Å². The summed E-state index contributed by atoms with van der Waals surface area (Å²) < 4.78 is 0. The van der Waals surface area contributed by atoms with Crippen LogP contribution in [0.2, 0.25) is 5.02 Å². The van der Waals surface area contributed by atoms with Gasteiger partial charge in [0.25, 0.3) is 0 Å². The molecule has 1 nitrogen and oxygen atoms in total. The predicted octanol–water partition coefficient (Wildman–Crippen LogP) is 3.01. The molecule has 0 heterocycles. The molecule has 0 spiro atoms. The Labute approximate surface area is 78.0 Å². The molecular weight excluding hydrogens is 172 g/mol. The van der Waals surface area contributed by atoms with Crippen LogP contribution in [0.1, 0.15) is 29.7 Å². The summed E-state index contributed by atoms with van der Waals surface area (Å²) in [6, 6.07) is 3.92. The molecule has 0 aliphatic heterocycles. The molecule has 0 bridgehead atoms. The van der Waals surface area contributed by atoms with Crippen molar-refractivity contribution >= 4 is 11.6 Å². The first kappa shape index (κ1) is 9.56. The van der Waals surface area contributed by atoms with Gasteiger partial charge in [0.15, 0.2) is 0 Å². The second kappa shape index (κ2) is 3.46. The smallest absolute Gasteiger partial charge is 0.0776 e. The minimum atomic E-state index is -0.490. The Morgan fingerprint density at radius 1 is 1.33 bits per heavy atom. The molecule has 1 unspecified atom stereocenters. The summed E-state index contributed by atoms with van der Waals surface area (Å²) in [7, 11) is 0. The minimum absolute atomic E-state index is 0.490. The molecule has 1 atom stereocenters. The zero-order valence-corrected chi connectivity index (χ0v) is 8.31. The van der Waals surface area contributed by atoms with Crippen LogP contribution in [0.3, 0.4) is 0 Å². The SMILES string of the molecule is Cc1cc(C)c(Cl)c(C(C)O)c1. The standard InChI is InChI=1S/C10H13ClO/c1-6-4-7(2)10(11)9(5-6)8(3)12/h4-5,8,12H,1-3H3. The van der Waals surface area contributed by atoms with E-state index in [0.717, 1.165) is 16.7 Å². The third kappa shape index (κ3) is 1.79. The second-order valence-electron chi connectivity index (χ2n) is 3.16. The quantitative estimate of drug-likeness (QED) is 0.712. The molecule has 0 aliphatic carbocycles. The number of benzene rings is 1. The van der Waals surface area contributed by atoms with Gasteiger partial charge in [0.05, 0.1) is 6.10 Å². The van der Waals surface area contributed by atoms with Crippen LogP contribution < -0.4 is 0 Å². The van der Waals surface area contributed by atoms with Crippen LogP contribution in [0.5, 0.6) is 0 Å². The van der Waals surface area contributed by atoms with Crippen molar-refractivity contribution in [1.82, 2.24) is 0 Å². The van der Waals surface area contributed by atoms with Gasteiger partial charge < -0.3 is 5.11 Å². The first-order valence-electron chi connectivity index (χ1n) is 3.97. The highest BCUT2D eigenvalue weighted by molar-refractivity contribution is 6.32. The fourth-order valence-corrected chi connectivity index (χ4v) is 1.55. The van der Waals surface area contributed by atoms with E-state index in [4.69, 9.17) is 11.6 Å². The summed E-state index contributed by atoms with van der Waals surface area (Å²) >= 11 is 6.00. The van der Waals surface area contributed by atoms with Crippen LogP contribution in [0, 0.1) is 13.8 Å². The molecule has 1 N–H and O–H groups in total. The molecule has 0 aromatic heterocycles. The molecule has 0 saturated heterocycles. The predicted molar refractivity (Wildman–Crippen MR) is 51.6 cm³/mol. The van der Waals surface area contributed by atoms with Gasteiger partial charge in [-0.25, -0.2) is 0 Å². The van der Waals surface area contributed by atoms with Crippen LogP contribution >= 0.6 is 11.6 Å². The maximum atomic E-state index is 9.37. The van der Waals surface area contributed by atoms with E-state index in [2.05, 4.69) is 0 Å². The number of aryl methyl sites for hydroxylation is 2. The van der Waals surface area contributed by atoms with E-state index in [1.54, 1.807) is 6.92 Å². The molecule has 0 fully saturated rings. The van der Waals surface area contributed by atoms with E-state index in [1.807, 2.05) is 26.0 Å². The van der Waals surface area contributed by atoms with Gasteiger partial charge in [0.2, 0.25) is 0 Å². The summed E-state index contributed by atoms with van der Waals surface area (Å²) in [5.74, 6) is 0. The van der Waals surface area contributed by atoms with Crippen molar-refractivity contribution in [1.29, 1.82) is 0 Å². The van der Waals surface area contributed by atoms with Crippen molar-refractivity contribution in [3.8, 4) is 0 Å². The summed E-state index contributed by atoms with van der Waals surface area (Å²) in [4.78, 5) is 0. The van der Waals surface area contributed by atoms with E-state index in [0.29, 0.717) is 5.02 Å². The number of halogens is 1. The number of aliphatic hydroxyl groups excluding tert-OH is 1. The lowest BCUT2D eigenvalue weighted by Gasteiger charge is -2.10. The topological polar surface area (TPSA) is 20.2 Å². The van der Waals surface area contributed by atoms with Crippen molar-refractivity contribution in [3.63, 3.8) is 0 Å². The van der Waals surface area contributed by atoms with Gasteiger partial charge in [-0.1, -0.05) is 29.3 Å². The van der Waals surface area contributed by atoms with E-state index >= 15 is 0 Å². The third-order valence-corrected chi connectivity index (χ3v) is 2.39. The highest BCUT2D eigenvalue weighted by Crippen LogP contribution is 2.27. The first-order valence-corrected chi connectivity index (χ1v) is 4.35. The van der Waals surface area contributed by atoms with E-state index in [-0.39, 0.29) is 0 Å². The summed E-state index contributed by atoms with van der Waals surface area (Å²) in [5, 5.41) is 10.0. The average Bonchev–Trinajstić information content (AvgIpc) is 1.96. The van der Waals surface area contributed by atoms with Crippen molar-refractivity contribution in [2.24, 2.45) is 0 Å². The van der Waals surface area contributed by atoms with Crippen LogP contribution in [0.4, 0.5) is 0 Å². The lowest BCUT2D eigenvalue weighted by atomic mass is 10.0. The molecule has 0 radical (unpaired) electrons. The van der Waals surface area contributed by atoms with Gasteiger partial charge in [-0.05, 0) is 31.9 Å². The lowest BCUT2D eigenvalue weighted by molar-refractivity contribution is 0.199. The summed E-state index contributed by atoms with van der Waals surface area (Å²) in [6.45, 7) is 5.66. The average molecular weight is 185 g/mol. The Hall–Kier alpha value is -0.530. The Morgan fingerprint density at radius 2 is 1.92 bits per heavy atom. The fourth-order valence-electron chi connectivity index (χ4n) is 1.29. The highest BCUT2D eigenvalue weighted by atomic mass is 35.5. The molecule has 0 aliphatic rings. The molecule has 12 heavy (non-hydrogen) atoms. The van der Waals surface area contributed by atoms with Crippen LogP contribution in [-0.2, 0) is 0 Å².